The van der Waals surface area contributed by atoms with E-state index in [-0.39, 0.29) is 66.1 Å². The lowest BCUT2D eigenvalue weighted by atomic mass is 10.1. The van der Waals surface area contributed by atoms with E-state index < -0.39 is 103 Å². The number of imidazole rings is 2. The number of nitrogens with one attached hydrogen (secondary N) is 3. The van der Waals surface area contributed by atoms with E-state index in [9.17, 15) is 53.0 Å². The van der Waals surface area contributed by atoms with E-state index in [0.29, 0.717) is 0 Å². The Morgan fingerprint density at radius 1 is 1.03 bits per heavy atom. The highest BCUT2D eigenvalue weighted by atomic mass is 31.3. The zero-order chi connectivity index (χ0) is 46.7. The molecule has 64 heavy (non-hydrogen) atoms. The van der Waals surface area contributed by atoms with Gasteiger partial charge >= 0.3 is 21.3 Å². The molecule has 0 saturated carbocycles. The first-order valence-corrected chi connectivity index (χ1v) is 23.4. The highest BCUT2D eigenvalue weighted by Crippen LogP contribution is 2.66. The Bertz CT molecular complexity index is 2680. The van der Waals surface area contributed by atoms with Crippen molar-refractivity contribution < 1.29 is 84.6 Å². The Balaban J connectivity index is 0.995. The normalized spacial score (nSPS) is 29.7. The summed E-state index contributed by atoms with van der Waals surface area (Å²) in [5.74, 6) is -1.97. The molecular weight excluding hydrogens is 925 g/mol. The number of aromatic nitrogens is 8. The van der Waals surface area contributed by atoms with Gasteiger partial charge in [0.05, 0.1) is 26.6 Å². The van der Waals surface area contributed by atoms with Crippen molar-refractivity contribution in [3.63, 3.8) is 0 Å². The largest absolute Gasteiger partial charge is 0.756 e. The number of phosphoric acid groups is 3. The number of aliphatic hydroxyl groups excluding tert-OH is 2. The highest BCUT2D eigenvalue weighted by molar-refractivity contribution is 7.66. The fraction of sp³-hybridized carbons (Fsp3) is 0.633. The first-order valence-electron chi connectivity index (χ1n) is 19.0. The summed E-state index contributed by atoms with van der Waals surface area (Å²) in [6.07, 6.45) is -9.11. The zero-order valence-electron chi connectivity index (χ0n) is 34.1. The second-order valence-electron chi connectivity index (χ2n) is 15.1. The molecule has 3 saturated heterocycles. The number of ether oxygens (including phenoxy) is 4. The molecule has 12 atom stereocenters. The molecular formula is C30H45N12O19P3. The van der Waals surface area contributed by atoms with E-state index in [4.69, 9.17) is 34.9 Å². The number of anilines is 2. The van der Waals surface area contributed by atoms with E-state index in [1.807, 2.05) is 0 Å². The first-order chi connectivity index (χ1) is 29.9. The minimum Gasteiger partial charge on any atom is -0.756 e. The Kier molecular flexibility index (Phi) is 13.4. The number of hydrogen-bond acceptors (Lipinski definition) is 23. The number of carbonyl (C=O) groups is 1. The van der Waals surface area contributed by atoms with Gasteiger partial charge in [-0.2, -0.15) is 9.29 Å². The second-order valence-corrected chi connectivity index (χ2v) is 19.6. The van der Waals surface area contributed by atoms with Crippen molar-refractivity contribution in [3.8, 4) is 0 Å². The molecule has 4 aromatic rings. The Hall–Kier alpha value is -4.10. The van der Waals surface area contributed by atoms with Crippen molar-refractivity contribution in [2.24, 2.45) is 12.8 Å². The molecule has 4 aromatic heterocycles. The van der Waals surface area contributed by atoms with Crippen LogP contribution in [0.1, 0.15) is 32.2 Å². The quantitative estimate of drug-likeness (QED) is 0.0338. The molecule has 3 unspecified atom stereocenters. The predicted octanol–water partition coefficient (Wildman–Crippen LogP) is -4.06. The molecule has 0 spiro atoms. The lowest BCUT2D eigenvalue weighted by molar-refractivity contribution is -0.745. The van der Waals surface area contributed by atoms with Gasteiger partial charge < -0.3 is 70.0 Å². The van der Waals surface area contributed by atoms with E-state index in [1.54, 1.807) is 14.1 Å². The van der Waals surface area contributed by atoms with Crippen LogP contribution in [0.15, 0.2) is 22.2 Å². The van der Waals surface area contributed by atoms with Gasteiger partial charge in [0, 0.05) is 40.0 Å². The SMILES string of the molecule is CN(C)c1nc2c(c(=O)[nH]1)n(C)c[n+]2[C@@H]1O[C@H](COP(=O)([O-])OP(=O)(O)OP(=O)(O)OC[C@H]2O[C@@H](n3cnc4c(=O)[nH]c(N)nc43)[C@@H]3O[C@@](C)(CCC(=O)NCCN)O[C@@H]32)[C@@H](O)[C@H]1O. The number of nitrogens with two attached hydrogens (primary N) is 2. The second kappa shape index (κ2) is 17.9. The third kappa shape index (κ3) is 10.0. The van der Waals surface area contributed by atoms with Crippen LogP contribution >= 0.6 is 23.5 Å². The smallest absolute Gasteiger partial charge is 0.487 e. The van der Waals surface area contributed by atoms with Crippen molar-refractivity contribution in [1.82, 2.24) is 39.4 Å². The van der Waals surface area contributed by atoms with Crippen LogP contribution in [0.4, 0.5) is 11.9 Å². The van der Waals surface area contributed by atoms with Crippen LogP contribution in [0, 0.1) is 0 Å². The summed E-state index contributed by atoms with van der Waals surface area (Å²) >= 11 is 0. The summed E-state index contributed by atoms with van der Waals surface area (Å²) in [5.41, 5.74) is 9.87. The Morgan fingerprint density at radius 3 is 2.44 bits per heavy atom. The summed E-state index contributed by atoms with van der Waals surface area (Å²) in [7, 11) is -13.1. The monoisotopic (exact) mass is 970 g/mol. The third-order valence-electron chi connectivity index (χ3n) is 10.1. The number of carbonyl (C=O) groups excluding carboxylic acids is 1. The molecule has 11 N–H and O–H groups in total. The van der Waals surface area contributed by atoms with Crippen LogP contribution < -0.4 is 42.3 Å². The van der Waals surface area contributed by atoms with Crippen LogP contribution in [-0.4, -0.2) is 143 Å². The fourth-order valence-corrected chi connectivity index (χ4v) is 10.7. The Morgan fingerprint density at radius 2 is 1.73 bits per heavy atom. The minimum atomic E-state index is -6.10. The molecule has 7 heterocycles. The summed E-state index contributed by atoms with van der Waals surface area (Å²) in [6.45, 7) is -0.154. The topological polar surface area (TPSA) is 432 Å². The fourth-order valence-electron chi connectivity index (χ4n) is 7.21. The lowest BCUT2D eigenvalue weighted by Crippen LogP contribution is -2.46. The number of phosphoric ester groups is 2. The van der Waals surface area contributed by atoms with Crippen molar-refractivity contribution in [2.45, 2.75) is 74.6 Å². The molecule has 0 aromatic carbocycles. The third-order valence-corrected chi connectivity index (χ3v) is 14.3. The van der Waals surface area contributed by atoms with Gasteiger partial charge in [-0.3, -0.25) is 42.6 Å². The van der Waals surface area contributed by atoms with E-state index >= 15 is 0 Å². The highest BCUT2D eigenvalue weighted by Gasteiger charge is 2.58. The summed E-state index contributed by atoms with van der Waals surface area (Å²) in [4.78, 5) is 89.9. The number of nitrogen functional groups attached to an aromatic ring is 1. The van der Waals surface area contributed by atoms with Gasteiger partial charge in [-0.05, 0) is 6.92 Å². The number of rotatable bonds is 18. The number of nitrogens with zero attached hydrogens (tertiary/aromatic N) is 7. The summed E-state index contributed by atoms with van der Waals surface area (Å²) in [5, 5.41) is 24.2. The van der Waals surface area contributed by atoms with Crippen molar-refractivity contribution in [1.29, 1.82) is 0 Å². The number of aliphatic hydroxyl groups is 2. The summed E-state index contributed by atoms with van der Waals surface area (Å²) < 4.78 is 84.2. The van der Waals surface area contributed by atoms with Gasteiger partial charge in [-0.1, -0.05) is 4.98 Å². The molecule has 354 valence electrons. The molecule has 3 aliphatic heterocycles. The standard InChI is InChI=1S/C30H45N12O19P3/c1-30(6-5-15(43)33-8-7-31)58-20-14(57-27(21(20)59-30)41-11-34-16-22(41)35-28(32)37-24(16)46)10-55-63(50,51)61-64(52,53)60-62(48,49)54-9-13-18(44)19(45)26(56-13)42-12-40(4)17-23(42)36-29(39(2)3)38-25(17)47/h11-14,18-21,26-27,44-45H,5-10,31H2,1-4H3,(H7-,32,33,35,36,37,38,43,46,47,48,49,50,51,52,53)/t13-,14-,18-,19-,20-,21-,26-,27-,30+/m1/s1. The van der Waals surface area contributed by atoms with E-state index in [0.717, 1.165) is 0 Å². The average molecular weight is 971 g/mol. The number of H-pyrrole nitrogens is 2. The van der Waals surface area contributed by atoms with Gasteiger partial charge in [0.1, 0.15) is 36.6 Å². The maximum atomic E-state index is 13.0. The number of amides is 1. The van der Waals surface area contributed by atoms with Gasteiger partial charge in [0.25, 0.3) is 24.9 Å². The number of aryl methyl sites for hydroxylation is 1. The number of fused-ring (bicyclic) bond motifs is 3. The number of aromatic amines is 2. The van der Waals surface area contributed by atoms with Crippen LogP contribution in [0.2, 0.25) is 0 Å². The molecule has 0 bridgehead atoms. The number of hydrogen-bond donors (Lipinski definition) is 9. The maximum Gasteiger partial charge on any atom is 0.487 e. The van der Waals surface area contributed by atoms with Crippen LogP contribution in [0.25, 0.3) is 22.3 Å². The lowest BCUT2D eigenvalue weighted by Gasteiger charge is -2.28. The first kappa shape index (κ1) is 47.9. The van der Waals surface area contributed by atoms with Gasteiger partial charge in [0.15, 0.2) is 29.5 Å². The molecule has 0 aliphatic carbocycles. The molecule has 34 heteroatoms. The van der Waals surface area contributed by atoms with Crippen molar-refractivity contribution in [3.05, 3.63) is 33.4 Å². The molecule has 3 aliphatic rings. The molecule has 1 amide bonds. The van der Waals surface area contributed by atoms with Crippen molar-refractivity contribution >= 4 is 63.6 Å². The molecule has 31 nitrogen and oxygen atoms in total. The van der Waals surface area contributed by atoms with Gasteiger partial charge in [-0.15, -0.1) is 0 Å². The minimum absolute atomic E-state index is 0.00999. The summed E-state index contributed by atoms with van der Waals surface area (Å²) in [6, 6.07) is 0. The van der Waals surface area contributed by atoms with E-state index in [2.05, 4.69) is 43.4 Å². The van der Waals surface area contributed by atoms with Crippen LogP contribution in [0.3, 0.4) is 0 Å². The van der Waals surface area contributed by atoms with Crippen LogP contribution in [0.5, 0.6) is 0 Å². The predicted molar refractivity (Wildman–Crippen MR) is 209 cm³/mol. The van der Waals surface area contributed by atoms with Crippen molar-refractivity contribution in [2.75, 3.05) is 51.0 Å². The zero-order valence-corrected chi connectivity index (χ0v) is 36.7. The average Bonchev–Trinajstić information content (AvgIpc) is 3.99. The van der Waals surface area contributed by atoms with E-state index in [1.165, 1.54) is 45.2 Å². The molecule has 3 fully saturated rings. The molecule has 7 rings (SSSR count). The van der Waals surface area contributed by atoms with Gasteiger partial charge in [-0.25, -0.2) is 23.0 Å². The maximum absolute atomic E-state index is 13.0. The van der Waals surface area contributed by atoms with Gasteiger partial charge in [0.2, 0.25) is 23.6 Å². The Labute approximate surface area is 359 Å². The molecule has 0 radical (unpaired) electrons. The van der Waals surface area contributed by atoms with Crippen LogP contribution in [-0.2, 0) is 62.2 Å².